The number of ether oxygens (including phenoxy) is 2. The third kappa shape index (κ3) is 5.37. The number of rotatable bonds is 8. The maximum Gasteiger partial charge on any atom is 0.254 e. The molecule has 1 saturated heterocycles. The number of benzene rings is 2. The highest BCUT2D eigenvalue weighted by molar-refractivity contribution is 5.94. The molecule has 33 heavy (non-hydrogen) atoms. The number of aromatic nitrogens is 3. The number of halogens is 1. The molecule has 0 bridgehead atoms. The number of carbonyl (C=O) groups excluding carboxylic acids is 1. The number of aliphatic hydroxyl groups excluding tert-OH is 1. The molecule has 4 rings (SSSR count). The van der Waals surface area contributed by atoms with Crippen molar-refractivity contribution in [3.8, 4) is 17.0 Å². The topological polar surface area (TPSA) is 98.5 Å². The number of amides is 1. The fourth-order valence-corrected chi connectivity index (χ4v) is 4.06. The lowest BCUT2D eigenvalue weighted by Gasteiger charge is -2.36. The fraction of sp³-hybridized carbons (Fsp3) is 0.375. The number of aryl methyl sites for hydroxylation is 1. The number of methoxy groups -OCH3 is 1. The molecule has 1 aliphatic heterocycles. The van der Waals surface area contributed by atoms with Gasteiger partial charge in [0.15, 0.2) is 0 Å². The van der Waals surface area contributed by atoms with Crippen molar-refractivity contribution in [2.45, 2.75) is 44.1 Å². The van der Waals surface area contributed by atoms with Gasteiger partial charge in [-0.1, -0.05) is 29.5 Å². The molecule has 3 aromatic rings. The van der Waals surface area contributed by atoms with Gasteiger partial charge in [0.1, 0.15) is 23.4 Å². The second-order valence-corrected chi connectivity index (χ2v) is 7.97. The van der Waals surface area contributed by atoms with Crippen LogP contribution < -0.4 is 10.1 Å². The summed E-state index contributed by atoms with van der Waals surface area (Å²) in [6, 6.07) is 13.1. The van der Waals surface area contributed by atoms with E-state index < -0.39 is 17.8 Å². The molecule has 9 heteroatoms. The Morgan fingerprint density at radius 2 is 2.03 bits per heavy atom. The number of hydrogen-bond acceptors (Lipinski definition) is 6. The SMILES string of the molecule is COc1ccccc1-c1cn(CC[C@@H]2CC[C@@H](NC(=O)c3ccccc3F)[C@@H](CO)O2)nn1. The molecule has 8 nitrogen and oxygen atoms in total. The van der Waals surface area contributed by atoms with Crippen LogP contribution in [0.15, 0.2) is 54.7 Å². The van der Waals surface area contributed by atoms with E-state index in [9.17, 15) is 14.3 Å². The highest BCUT2D eigenvalue weighted by Crippen LogP contribution is 2.28. The first-order valence-corrected chi connectivity index (χ1v) is 10.9. The molecule has 1 fully saturated rings. The van der Waals surface area contributed by atoms with Gasteiger partial charge in [0, 0.05) is 12.1 Å². The average Bonchev–Trinajstić information content (AvgIpc) is 3.32. The molecule has 0 spiro atoms. The molecule has 2 aromatic carbocycles. The molecular formula is C24H27FN4O4. The molecule has 0 unspecified atom stereocenters. The van der Waals surface area contributed by atoms with E-state index in [4.69, 9.17) is 9.47 Å². The van der Waals surface area contributed by atoms with Gasteiger partial charge in [-0.3, -0.25) is 9.48 Å². The van der Waals surface area contributed by atoms with Gasteiger partial charge >= 0.3 is 0 Å². The van der Waals surface area contributed by atoms with Crippen LogP contribution in [0.25, 0.3) is 11.3 Å². The van der Waals surface area contributed by atoms with Crippen LogP contribution in [0.5, 0.6) is 5.75 Å². The maximum absolute atomic E-state index is 13.9. The Bertz CT molecular complexity index is 1090. The molecule has 1 aromatic heterocycles. The van der Waals surface area contributed by atoms with Gasteiger partial charge in [0.05, 0.1) is 37.6 Å². The zero-order valence-electron chi connectivity index (χ0n) is 18.4. The fourth-order valence-electron chi connectivity index (χ4n) is 4.06. The van der Waals surface area contributed by atoms with Crippen molar-refractivity contribution in [1.82, 2.24) is 20.3 Å². The Balaban J connectivity index is 1.32. The van der Waals surface area contributed by atoms with Crippen molar-refractivity contribution in [2.75, 3.05) is 13.7 Å². The van der Waals surface area contributed by atoms with Crippen molar-refractivity contribution in [3.05, 3.63) is 66.1 Å². The molecule has 3 atom stereocenters. The second kappa shape index (κ2) is 10.5. The van der Waals surface area contributed by atoms with E-state index in [2.05, 4.69) is 15.6 Å². The molecule has 2 heterocycles. The zero-order chi connectivity index (χ0) is 23.2. The van der Waals surface area contributed by atoms with Gasteiger partial charge in [-0.15, -0.1) is 5.10 Å². The van der Waals surface area contributed by atoms with Crippen molar-refractivity contribution < 1.29 is 23.8 Å². The third-order valence-corrected chi connectivity index (χ3v) is 5.83. The molecule has 174 valence electrons. The summed E-state index contributed by atoms with van der Waals surface area (Å²) in [5, 5.41) is 21.0. The minimum atomic E-state index is -0.578. The minimum absolute atomic E-state index is 0.0200. The Kier molecular flexibility index (Phi) is 7.31. The molecule has 1 amide bonds. The number of nitrogens with zero attached hydrogens (tertiary/aromatic N) is 3. The lowest BCUT2D eigenvalue weighted by atomic mass is 9.96. The molecule has 0 saturated carbocycles. The maximum atomic E-state index is 13.9. The summed E-state index contributed by atoms with van der Waals surface area (Å²) in [5.74, 6) is -0.356. The Morgan fingerprint density at radius 1 is 1.24 bits per heavy atom. The summed E-state index contributed by atoms with van der Waals surface area (Å²) in [5.41, 5.74) is 1.57. The summed E-state index contributed by atoms with van der Waals surface area (Å²) >= 11 is 0. The Hall–Kier alpha value is -3.30. The van der Waals surface area contributed by atoms with Gasteiger partial charge < -0.3 is 19.9 Å². The van der Waals surface area contributed by atoms with E-state index in [1.165, 1.54) is 18.2 Å². The third-order valence-electron chi connectivity index (χ3n) is 5.83. The monoisotopic (exact) mass is 454 g/mol. The summed E-state index contributed by atoms with van der Waals surface area (Å²) in [7, 11) is 1.62. The van der Waals surface area contributed by atoms with Gasteiger partial charge in [0.25, 0.3) is 5.91 Å². The molecule has 0 aliphatic carbocycles. The number of carbonyl (C=O) groups is 1. The van der Waals surface area contributed by atoms with Gasteiger partial charge in [-0.05, 0) is 43.5 Å². The number of nitrogens with one attached hydrogen (secondary N) is 1. The first-order valence-electron chi connectivity index (χ1n) is 10.9. The van der Waals surface area contributed by atoms with Crippen molar-refractivity contribution in [3.63, 3.8) is 0 Å². The Morgan fingerprint density at radius 3 is 2.82 bits per heavy atom. The van der Waals surface area contributed by atoms with Crippen LogP contribution in [-0.4, -0.2) is 58.0 Å². The van der Waals surface area contributed by atoms with Crippen LogP contribution in [0.2, 0.25) is 0 Å². The quantitative estimate of drug-likeness (QED) is 0.543. The van der Waals surface area contributed by atoms with E-state index in [0.29, 0.717) is 25.8 Å². The van der Waals surface area contributed by atoms with E-state index in [0.717, 1.165) is 17.0 Å². The first-order chi connectivity index (χ1) is 16.1. The van der Waals surface area contributed by atoms with Gasteiger partial charge in [-0.2, -0.15) is 0 Å². The largest absolute Gasteiger partial charge is 0.496 e. The van der Waals surface area contributed by atoms with Crippen LogP contribution in [0.4, 0.5) is 4.39 Å². The van der Waals surface area contributed by atoms with Gasteiger partial charge in [0.2, 0.25) is 0 Å². The van der Waals surface area contributed by atoms with Crippen molar-refractivity contribution in [2.24, 2.45) is 0 Å². The zero-order valence-corrected chi connectivity index (χ0v) is 18.4. The van der Waals surface area contributed by atoms with Crippen LogP contribution in [-0.2, 0) is 11.3 Å². The summed E-state index contributed by atoms with van der Waals surface area (Å²) in [6.45, 7) is 0.358. The van der Waals surface area contributed by atoms with Gasteiger partial charge in [-0.25, -0.2) is 4.39 Å². The van der Waals surface area contributed by atoms with E-state index in [1.807, 2.05) is 30.5 Å². The van der Waals surface area contributed by atoms with Crippen LogP contribution in [0.1, 0.15) is 29.6 Å². The van der Waals surface area contributed by atoms with E-state index >= 15 is 0 Å². The minimum Gasteiger partial charge on any atom is -0.496 e. The highest BCUT2D eigenvalue weighted by atomic mass is 19.1. The van der Waals surface area contributed by atoms with Crippen molar-refractivity contribution in [1.29, 1.82) is 0 Å². The standard InChI is InChI=1S/C24H27FN4O4/c1-32-22-9-5-3-7-18(22)21-14-29(28-27-21)13-12-16-10-11-20(23(15-30)33-16)26-24(31)17-6-2-4-8-19(17)25/h2-9,14,16,20,23,30H,10-13,15H2,1H3,(H,26,31)/t16-,20+,23+/m0/s1. The molecule has 2 N–H and O–H groups in total. The first kappa shape index (κ1) is 22.9. The summed E-state index contributed by atoms with van der Waals surface area (Å²) in [4.78, 5) is 12.4. The molecular weight excluding hydrogens is 427 g/mol. The lowest BCUT2D eigenvalue weighted by Crippen LogP contribution is -2.51. The normalized spacial score (nSPS) is 20.4. The van der Waals surface area contributed by atoms with Crippen LogP contribution in [0.3, 0.4) is 0 Å². The average molecular weight is 455 g/mol. The second-order valence-electron chi connectivity index (χ2n) is 7.97. The van der Waals surface area contributed by atoms with Crippen LogP contribution in [0, 0.1) is 5.82 Å². The number of hydrogen-bond donors (Lipinski definition) is 2. The highest BCUT2D eigenvalue weighted by Gasteiger charge is 2.32. The van der Waals surface area contributed by atoms with E-state index in [1.54, 1.807) is 17.9 Å². The Labute approximate surface area is 191 Å². The summed E-state index contributed by atoms with van der Waals surface area (Å²) < 4.78 is 27.1. The van der Waals surface area contributed by atoms with E-state index in [-0.39, 0.29) is 24.3 Å². The number of aliphatic hydroxyl groups is 1. The molecule has 0 radical (unpaired) electrons. The van der Waals surface area contributed by atoms with Crippen LogP contribution >= 0.6 is 0 Å². The van der Waals surface area contributed by atoms with Crippen molar-refractivity contribution >= 4 is 5.91 Å². The smallest absolute Gasteiger partial charge is 0.254 e. The predicted molar refractivity (Wildman–Crippen MR) is 119 cm³/mol. The predicted octanol–water partition coefficient (Wildman–Crippen LogP) is 2.82. The molecule has 1 aliphatic rings. The summed E-state index contributed by atoms with van der Waals surface area (Å²) in [6.07, 6.45) is 3.22. The number of para-hydroxylation sites is 1. The lowest BCUT2D eigenvalue weighted by molar-refractivity contribution is -0.0912.